The van der Waals surface area contributed by atoms with E-state index in [4.69, 9.17) is 4.74 Å². The fraction of sp³-hybridized carbons (Fsp3) is 0.692. The van der Waals surface area contributed by atoms with Crippen LogP contribution in [0.25, 0.3) is 0 Å². The number of carbonyl (C=O) groups excluding carboxylic acids is 1. The van der Waals surface area contributed by atoms with Crippen molar-refractivity contribution in [2.24, 2.45) is 11.8 Å². The van der Waals surface area contributed by atoms with Gasteiger partial charge in [0, 0.05) is 6.04 Å². The standard InChI is InChI=1S/C13H17NO4/c15-12(14-7-3-1-2-4-7)10-8-5-6-9(18-8)11(10)13(16)17/h5-11H,1-4H2,(H,14,15)(H,16,17). The summed E-state index contributed by atoms with van der Waals surface area (Å²) in [6.07, 6.45) is 7.04. The Bertz CT molecular complexity index is 400. The highest BCUT2D eigenvalue weighted by Crippen LogP contribution is 2.39. The van der Waals surface area contributed by atoms with Crippen LogP contribution in [-0.4, -0.2) is 35.2 Å². The van der Waals surface area contributed by atoms with Crippen LogP contribution in [0.5, 0.6) is 0 Å². The van der Waals surface area contributed by atoms with Crippen molar-refractivity contribution in [2.75, 3.05) is 0 Å². The number of carboxylic acids is 1. The van der Waals surface area contributed by atoms with E-state index in [2.05, 4.69) is 5.32 Å². The summed E-state index contributed by atoms with van der Waals surface area (Å²) in [5.41, 5.74) is 0. The molecule has 2 aliphatic heterocycles. The SMILES string of the molecule is O=C(O)C1C2C=CC(O2)C1C(=O)NC1CCCC1. The monoisotopic (exact) mass is 251 g/mol. The minimum atomic E-state index is -0.946. The predicted octanol–water partition coefficient (Wildman–Crippen LogP) is 0.699. The normalized spacial score (nSPS) is 38.2. The van der Waals surface area contributed by atoms with Crippen molar-refractivity contribution < 1.29 is 19.4 Å². The van der Waals surface area contributed by atoms with Gasteiger partial charge in [-0.3, -0.25) is 9.59 Å². The summed E-state index contributed by atoms with van der Waals surface area (Å²) < 4.78 is 5.49. The van der Waals surface area contributed by atoms with Gasteiger partial charge >= 0.3 is 5.97 Å². The Morgan fingerprint density at radius 2 is 1.72 bits per heavy atom. The van der Waals surface area contributed by atoms with Gasteiger partial charge in [-0.25, -0.2) is 0 Å². The average Bonchev–Trinajstić information content (AvgIpc) is 3.03. The van der Waals surface area contributed by atoms with Crippen molar-refractivity contribution in [3.05, 3.63) is 12.2 Å². The van der Waals surface area contributed by atoms with E-state index in [-0.39, 0.29) is 18.1 Å². The molecule has 2 N–H and O–H groups in total. The summed E-state index contributed by atoms with van der Waals surface area (Å²) in [6.45, 7) is 0. The quantitative estimate of drug-likeness (QED) is 0.724. The minimum absolute atomic E-state index is 0.161. The molecule has 2 bridgehead atoms. The van der Waals surface area contributed by atoms with Crippen LogP contribution in [0.3, 0.4) is 0 Å². The van der Waals surface area contributed by atoms with E-state index < -0.39 is 23.9 Å². The molecule has 2 fully saturated rings. The summed E-state index contributed by atoms with van der Waals surface area (Å²) in [7, 11) is 0. The van der Waals surface area contributed by atoms with Gasteiger partial charge in [0.05, 0.1) is 18.1 Å². The van der Waals surface area contributed by atoms with Crippen molar-refractivity contribution in [1.29, 1.82) is 0 Å². The third-order valence-electron chi connectivity index (χ3n) is 4.19. The zero-order valence-corrected chi connectivity index (χ0v) is 10.0. The molecule has 2 heterocycles. The highest BCUT2D eigenvalue weighted by atomic mass is 16.5. The Kier molecular flexibility index (Phi) is 2.86. The lowest BCUT2D eigenvalue weighted by atomic mass is 9.82. The van der Waals surface area contributed by atoms with Crippen LogP contribution in [0, 0.1) is 11.8 Å². The first-order valence-electron chi connectivity index (χ1n) is 6.54. The number of carboxylic acid groups (broad SMARTS) is 1. The molecular weight excluding hydrogens is 234 g/mol. The molecule has 0 aromatic heterocycles. The van der Waals surface area contributed by atoms with E-state index >= 15 is 0 Å². The Morgan fingerprint density at radius 1 is 1.11 bits per heavy atom. The Labute approximate surface area is 105 Å². The molecule has 1 aliphatic carbocycles. The first-order valence-corrected chi connectivity index (χ1v) is 6.54. The molecule has 0 aromatic rings. The second-order valence-electron chi connectivity index (χ2n) is 5.33. The molecule has 5 nitrogen and oxygen atoms in total. The van der Waals surface area contributed by atoms with E-state index in [9.17, 15) is 14.7 Å². The van der Waals surface area contributed by atoms with Crippen LogP contribution in [-0.2, 0) is 14.3 Å². The smallest absolute Gasteiger partial charge is 0.310 e. The van der Waals surface area contributed by atoms with Gasteiger partial charge in [0.1, 0.15) is 5.92 Å². The number of aliphatic carboxylic acids is 1. The van der Waals surface area contributed by atoms with Gasteiger partial charge in [-0.1, -0.05) is 25.0 Å². The third-order valence-corrected chi connectivity index (χ3v) is 4.19. The van der Waals surface area contributed by atoms with Gasteiger partial charge in [-0.05, 0) is 12.8 Å². The van der Waals surface area contributed by atoms with Crippen LogP contribution < -0.4 is 5.32 Å². The molecule has 0 aromatic carbocycles. The van der Waals surface area contributed by atoms with Gasteiger partial charge < -0.3 is 15.2 Å². The van der Waals surface area contributed by atoms with Crippen molar-refractivity contribution in [3.63, 3.8) is 0 Å². The van der Waals surface area contributed by atoms with Crippen molar-refractivity contribution in [1.82, 2.24) is 5.32 Å². The molecule has 3 aliphatic rings. The van der Waals surface area contributed by atoms with Crippen molar-refractivity contribution >= 4 is 11.9 Å². The Morgan fingerprint density at radius 3 is 2.33 bits per heavy atom. The number of nitrogens with one attached hydrogen (secondary N) is 1. The molecule has 5 heteroatoms. The topological polar surface area (TPSA) is 75.6 Å². The van der Waals surface area contributed by atoms with Crippen LogP contribution >= 0.6 is 0 Å². The van der Waals surface area contributed by atoms with Gasteiger partial charge in [-0.15, -0.1) is 0 Å². The van der Waals surface area contributed by atoms with Crippen LogP contribution in [0.15, 0.2) is 12.2 Å². The van der Waals surface area contributed by atoms with Gasteiger partial charge in [0.15, 0.2) is 0 Å². The predicted molar refractivity (Wildman–Crippen MR) is 62.8 cm³/mol. The largest absolute Gasteiger partial charge is 0.481 e. The van der Waals surface area contributed by atoms with Crippen LogP contribution in [0.2, 0.25) is 0 Å². The maximum Gasteiger partial charge on any atom is 0.310 e. The zero-order valence-electron chi connectivity index (χ0n) is 10.0. The van der Waals surface area contributed by atoms with E-state index in [1.165, 1.54) is 0 Å². The minimum Gasteiger partial charge on any atom is -0.481 e. The lowest BCUT2D eigenvalue weighted by Gasteiger charge is -2.23. The van der Waals surface area contributed by atoms with Crippen LogP contribution in [0.1, 0.15) is 25.7 Å². The molecule has 1 saturated carbocycles. The van der Waals surface area contributed by atoms with Gasteiger partial charge in [-0.2, -0.15) is 0 Å². The number of rotatable bonds is 3. The molecule has 3 rings (SSSR count). The molecule has 98 valence electrons. The number of hydrogen-bond acceptors (Lipinski definition) is 3. The Balaban J connectivity index is 1.71. The maximum absolute atomic E-state index is 12.2. The molecule has 0 radical (unpaired) electrons. The summed E-state index contributed by atoms with van der Waals surface area (Å²) in [4.78, 5) is 23.5. The summed E-state index contributed by atoms with van der Waals surface area (Å²) in [6, 6.07) is 0.218. The first-order chi connectivity index (χ1) is 8.66. The van der Waals surface area contributed by atoms with Gasteiger partial charge in [0.25, 0.3) is 0 Å². The molecule has 0 spiro atoms. The average molecular weight is 251 g/mol. The van der Waals surface area contributed by atoms with E-state index in [0.29, 0.717) is 0 Å². The second kappa shape index (κ2) is 4.39. The number of carbonyl (C=O) groups is 2. The van der Waals surface area contributed by atoms with E-state index in [1.807, 2.05) is 6.08 Å². The summed E-state index contributed by atoms with van der Waals surface area (Å²) >= 11 is 0. The van der Waals surface area contributed by atoms with Gasteiger partial charge in [0.2, 0.25) is 5.91 Å². The third kappa shape index (κ3) is 1.82. The zero-order chi connectivity index (χ0) is 12.7. The lowest BCUT2D eigenvalue weighted by molar-refractivity contribution is -0.146. The number of amides is 1. The highest BCUT2D eigenvalue weighted by Gasteiger charge is 2.53. The number of ether oxygens (including phenoxy) is 1. The molecule has 18 heavy (non-hydrogen) atoms. The molecule has 4 atom stereocenters. The van der Waals surface area contributed by atoms with E-state index in [1.54, 1.807) is 6.08 Å². The molecule has 1 saturated heterocycles. The summed E-state index contributed by atoms with van der Waals surface area (Å²) in [5, 5.41) is 12.2. The van der Waals surface area contributed by atoms with Crippen molar-refractivity contribution in [2.45, 2.75) is 43.9 Å². The fourth-order valence-corrected chi connectivity index (χ4v) is 3.28. The van der Waals surface area contributed by atoms with Crippen molar-refractivity contribution in [3.8, 4) is 0 Å². The number of fused-ring (bicyclic) bond motifs is 2. The van der Waals surface area contributed by atoms with Crippen LogP contribution in [0.4, 0.5) is 0 Å². The van der Waals surface area contributed by atoms with E-state index in [0.717, 1.165) is 25.7 Å². The lowest BCUT2D eigenvalue weighted by Crippen LogP contribution is -2.45. The fourth-order valence-electron chi connectivity index (χ4n) is 3.28. The summed E-state index contributed by atoms with van der Waals surface area (Å²) in [5.74, 6) is -2.41. The number of hydrogen-bond donors (Lipinski definition) is 2. The second-order valence-corrected chi connectivity index (χ2v) is 5.33. The molecular formula is C13H17NO4. The molecule has 1 amide bonds. The maximum atomic E-state index is 12.2. The first kappa shape index (κ1) is 11.7. The Hall–Kier alpha value is -1.36. The highest BCUT2D eigenvalue weighted by molar-refractivity contribution is 5.87. The molecule has 4 unspecified atom stereocenters.